The number of furan rings is 1. The molecule has 2 nitrogen and oxygen atoms in total. The average Bonchev–Trinajstić information content (AvgIpc) is 2.81. The topological polar surface area (TPSA) is 25.2 Å². The molecule has 0 fully saturated rings. The van der Waals surface area contributed by atoms with Gasteiger partial charge in [-0.2, -0.15) is 0 Å². The number of nitrogens with one attached hydrogen (secondary N) is 1. The Morgan fingerprint density at radius 2 is 2.00 bits per heavy atom. The monoisotopic (exact) mass is 223 g/mol. The third kappa shape index (κ3) is 4.84. The molecule has 0 aliphatic carbocycles. The van der Waals surface area contributed by atoms with Crippen molar-refractivity contribution in [3.05, 3.63) is 24.2 Å². The molecule has 1 unspecified atom stereocenters. The van der Waals surface area contributed by atoms with Gasteiger partial charge in [-0.05, 0) is 19.0 Å². The number of hydrogen-bond donors (Lipinski definition) is 1. The molecule has 0 bridgehead atoms. The smallest absolute Gasteiger partial charge is 0.0950 e. The summed E-state index contributed by atoms with van der Waals surface area (Å²) < 4.78 is 5.15. The molecule has 0 aromatic carbocycles. The summed E-state index contributed by atoms with van der Waals surface area (Å²) >= 11 is 0. The molecule has 16 heavy (non-hydrogen) atoms. The van der Waals surface area contributed by atoms with Gasteiger partial charge in [-0.15, -0.1) is 0 Å². The van der Waals surface area contributed by atoms with Crippen molar-refractivity contribution in [2.45, 2.75) is 58.4 Å². The van der Waals surface area contributed by atoms with E-state index < -0.39 is 0 Å². The molecule has 0 radical (unpaired) electrons. The normalized spacial score (nSPS) is 12.9. The van der Waals surface area contributed by atoms with Crippen LogP contribution < -0.4 is 5.32 Å². The van der Waals surface area contributed by atoms with Crippen LogP contribution in [0.2, 0.25) is 0 Å². The second-order valence-corrected chi connectivity index (χ2v) is 4.37. The first kappa shape index (κ1) is 13.3. The summed E-state index contributed by atoms with van der Waals surface area (Å²) in [5.74, 6) is 0. The predicted octanol–water partition coefficient (Wildman–Crippen LogP) is 4.29. The quantitative estimate of drug-likeness (QED) is 0.632. The summed E-state index contributed by atoms with van der Waals surface area (Å²) in [6.07, 6.45) is 11.6. The van der Waals surface area contributed by atoms with Gasteiger partial charge in [0.2, 0.25) is 0 Å². The van der Waals surface area contributed by atoms with Crippen LogP contribution in [0.25, 0.3) is 0 Å². The fraction of sp³-hybridized carbons (Fsp3) is 0.714. The van der Waals surface area contributed by atoms with Crippen molar-refractivity contribution in [3.8, 4) is 0 Å². The minimum atomic E-state index is 0.477. The molecule has 1 aromatic rings. The molecule has 2 heteroatoms. The highest BCUT2D eigenvalue weighted by molar-refractivity contribution is 5.11. The van der Waals surface area contributed by atoms with Gasteiger partial charge in [0.1, 0.15) is 0 Å². The molecule has 0 spiro atoms. The molecule has 1 heterocycles. The van der Waals surface area contributed by atoms with Gasteiger partial charge in [0.05, 0.1) is 12.5 Å². The third-order valence-electron chi connectivity index (χ3n) is 2.99. The summed E-state index contributed by atoms with van der Waals surface area (Å²) in [6, 6.07) is 2.55. The van der Waals surface area contributed by atoms with Crippen LogP contribution >= 0.6 is 0 Å². The standard InChI is InChI=1S/C14H25NO/c1-3-5-6-7-8-9-14(15-4-2)13-10-11-16-12-13/h10-12,14-15H,3-9H2,1-2H3. The predicted molar refractivity (Wildman–Crippen MR) is 68.5 cm³/mol. The third-order valence-corrected chi connectivity index (χ3v) is 2.99. The highest BCUT2D eigenvalue weighted by Gasteiger charge is 2.10. The molecular formula is C14H25NO. The van der Waals surface area contributed by atoms with E-state index in [4.69, 9.17) is 4.42 Å². The zero-order valence-electron chi connectivity index (χ0n) is 10.7. The molecular weight excluding hydrogens is 198 g/mol. The second kappa shape index (κ2) is 8.40. The first-order chi connectivity index (χ1) is 7.88. The van der Waals surface area contributed by atoms with Gasteiger partial charge >= 0.3 is 0 Å². The van der Waals surface area contributed by atoms with Crippen LogP contribution in [0.3, 0.4) is 0 Å². The van der Waals surface area contributed by atoms with Crippen molar-refractivity contribution < 1.29 is 4.42 Å². The molecule has 0 aliphatic heterocycles. The molecule has 1 N–H and O–H groups in total. The van der Waals surface area contributed by atoms with E-state index in [2.05, 4.69) is 25.2 Å². The van der Waals surface area contributed by atoms with Gasteiger partial charge in [-0.1, -0.05) is 46.0 Å². The zero-order valence-corrected chi connectivity index (χ0v) is 10.7. The lowest BCUT2D eigenvalue weighted by atomic mass is 10.0. The molecule has 0 saturated carbocycles. The molecule has 0 amide bonds. The van der Waals surface area contributed by atoms with Crippen molar-refractivity contribution >= 4 is 0 Å². The van der Waals surface area contributed by atoms with Crippen LogP contribution in [-0.2, 0) is 0 Å². The Hall–Kier alpha value is -0.760. The van der Waals surface area contributed by atoms with E-state index in [9.17, 15) is 0 Å². The van der Waals surface area contributed by atoms with Gasteiger partial charge < -0.3 is 9.73 Å². The summed E-state index contributed by atoms with van der Waals surface area (Å²) in [4.78, 5) is 0. The van der Waals surface area contributed by atoms with Crippen molar-refractivity contribution in [1.29, 1.82) is 0 Å². The Kier molecular flexibility index (Phi) is 6.98. The first-order valence-electron chi connectivity index (χ1n) is 6.64. The van der Waals surface area contributed by atoms with E-state index >= 15 is 0 Å². The molecule has 1 rings (SSSR count). The van der Waals surface area contributed by atoms with Crippen LogP contribution in [0.15, 0.2) is 23.0 Å². The van der Waals surface area contributed by atoms with Crippen molar-refractivity contribution in [3.63, 3.8) is 0 Å². The molecule has 0 saturated heterocycles. The first-order valence-corrected chi connectivity index (χ1v) is 6.64. The van der Waals surface area contributed by atoms with Gasteiger partial charge in [-0.25, -0.2) is 0 Å². The average molecular weight is 223 g/mol. The maximum absolute atomic E-state index is 5.15. The fourth-order valence-electron chi connectivity index (χ4n) is 2.06. The summed E-state index contributed by atoms with van der Waals surface area (Å²) in [5, 5.41) is 3.52. The number of rotatable bonds is 9. The highest BCUT2D eigenvalue weighted by Crippen LogP contribution is 2.20. The zero-order chi connectivity index (χ0) is 11.6. The molecule has 0 aliphatic rings. The maximum Gasteiger partial charge on any atom is 0.0950 e. The highest BCUT2D eigenvalue weighted by atomic mass is 16.3. The second-order valence-electron chi connectivity index (χ2n) is 4.37. The van der Waals surface area contributed by atoms with E-state index in [1.165, 1.54) is 44.1 Å². The lowest BCUT2D eigenvalue weighted by Gasteiger charge is -2.15. The Balaban J connectivity index is 2.24. The van der Waals surface area contributed by atoms with Crippen molar-refractivity contribution in [2.75, 3.05) is 6.54 Å². The summed E-state index contributed by atoms with van der Waals surface area (Å²) in [6.45, 7) is 5.43. The minimum Gasteiger partial charge on any atom is -0.472 e. The van der Waals surface area contributed by atoms with E-state index in [-0.39, 0.29) is 0 Å². The van der Waals surface area contributed by atoms with Crippen molar-refractivity contribution in [2.24, 2.45) is 0 Å². The van der Waals surface area contributed by atoms with Crippen LogP contribution in [-0.4, -0.2) is 6.54 Å². The Labute approximate surface area is 99.4 Å². The van der Waals surface area contributed by atoms with Gasteiger partial charge in [0.25, 0.3) is 0 Å². The number of unbranched alkanes of at least 4 members (excludes halogenated alkanes) is 4. The van der Waals surface area contributed by atoms with E-state index in [0.717, 1.165) is 6.54 Å². The summed E-state index contributed by atoms with van der Waals surface area (Å²) in [7, 11) is 0. The van der Waals surface area contributed by atoms with Crippen LogP contribution in [0, 0.1) is 0 Å². The van der Waals surface area contributed by atoms with Gasteiger partial charge in [0, 0.05) is 11.6 Å². The van der Waals surface area contributed by atoms with Crippen LogP contribution in [0.4, 0.5) is 0 Å². The SMILES string of the molecule is CCCCCCCC(NCC)c1ccoc1. The van der Waals surface area contributed by atoms with Gasteiger partial charge in [0.15, 0.2) is 0 Å². The van der Waals surface area contributed by atoms with E-state index in [0.29, 0.717) is 6.04 Å². The maximum atomic E-state index is 5.15. The lowest BCUT2D eigenvalue weighted by Crippen LogP contribution is -2.20. The summed E-state index contributed by atoms with van der Waals surface area (Å²) in [5.41, 5.74) is 1.29. The largest absolute Gasteiger partial charge is 0.472 e. The van der Waals surface area contributed by atoms with Crippen molar-refractivity contribution in [1.82, 2.24) is 5.32 Å². The van der Waals surface area contributed by atoms with Crippen LogP contribution in [0.1, 0.15) is 64.0 Å². The van der Waals surface area contributed by atoms with E-state index in [1.807, 2.05) is 6.26 Å². The Morgan fingerprint density at radius 1 is 1.19 bits per heavy atom. The van der Waals surface area contributed by atoms with Gasteiger partial charge in [-0.3, -0.25) is 0 Å². The lowest BCUT2D eigenvalue weighted by molar-refractivity contribution is 0.471. The Morgan fingerprint density at radius 3 is 2.62 bits per heavy atom. The molecule has 92 valence electrons. The van der Waals surface area contributed by atoms with Crippen LogP contribution in [0.5, 0.6) is 0 Å². The Bertz CT molecular complexity index is 243. The van der Waals surface area contributed by atoms with E-state index in [1.54, 1.807) is 6.26 Å². The number of hydrogen-bond acceptors (Lipinski definition) is 2. The fourth-order valence-corrected chi connectivity index (χ4v) is 2.06. The minimum absolute atomic E-state index is 0.477. The molecule has 1 aromatic heterocycles. The molecule has 1 atom stereocenters.